The lowest BCUT2D eigenvalue weighted by molar-refractivity contribution is -0.00177. The topological polar surface area (TPSA) is 87.1 Å². The average Bonchev–Trinajstić information content (AvgIpc) is 2.52. The summed E-state index contributed by atoms with van der Waals surface area (Å²) in [5, 5.41) is 15.2. The molecule has 2 heterocycles. The first-order valence-corrected chi connectivity index (χ1v) is 7.62. The van der Waals surface area contributed by atoms with E-state index in [1.165, 1.54) is 26.1 Å². The first kappa shape index (κ1) is 18.1. The number of hydrogen-bond acceptors (Lipinski definition) is 5. The van der Waals surface area contributed by atoms with Crippen molar-refractivity contribution in [2.45, 2.75) is 25.6 Å². The second-order valence-electron chi connectivity index (χ2n) is 5.75. The Morgan fingerprint density at radius 1 is 1.46 bits per heavy atom. The van der Waals surface area contributed by atoms with E-state index >= 15 is 0 Å². The molecule has 8 heteroatoms. The van der Waals surface area contributed by atoms with E-state index in [-0.39, 0.29) is 17.3 Å². The van der Waals surface area contributed by atoms with Gasteiger partial charge >= 0.3 is 0 Å². The molecule has 0 bridgehead atoms. The summed E-state index contributed by atoms with van der Waals surface area (Å²) in [5.74, 6) is -0.530. The van der Waals surface area contributed by atoms with E-state index in [9.17, 15) is 14.3 Å². The van der Waals surface area contributed by atoms with Crippen molar-refractivity contribution in [3.05, 3.63) is 47.5 Å². The highest BCUT2D eigenvalue weighted by molar-refractivity contribution is 6.29. The van der Waals surface area contributed by atoms with E-state index in [1.807, 2.05) is 0 Å². The lowest BCUT2D eigenvalue weighted by Gasteiger charge is -2.22. The molecule has 0 saturated carbocycles. The molecule has 0 aromatic carbocycles. The molecule has 3 N–H and O–H groups in total. The molecule has 2 rings (SSSR count). The van der Waals surface area contributed by atoms with Gasteiger partial charge in [0.15, 0.2) is 0 Å². The number of hydrogen-bond donors (Lipinski definition) is 3. The van der Waals surface area contributed by atoms with Crippen molar-refractivity contribution < 1.29 is 14.3 Å². The predicted molar refractivity (Wildman–Crippen MR) is 90.3 cm³/mol. The van der Waals surface area contributed by atoms with Crippen LogP contribution in [-0.4, -0.2) is 39.3 Å². The van der Waals surface area contributed by atoms with Crippen molar-refractivity contribution in [2.24, 2.45) is 0 Å². The van der Waals surface area contributed by atoms with Gasteiger partial charge in [0.25, 0.3) is 5.91 Å². The number of aromatic nitrogens is 2. The van der Waals surface area contributed by atoms with Gasteiger partial charge in [-0.15, -0.1) is 0 Å². The lowest BCUT2D eigenvalue weighted by Crippen LogP contribution is -2.42. The van der Waals surface area contributed by atoms with Gasteiger partial charge in [0.05, 0.1) is 35.3 Å². The van der Waals surface area contributed by atoms with Gasteiger partial charge in [-0.3, -0.25) is 9.78 Å². The molecular formula is C16H18ClFN4O2. The monoisotopic (exact) mass is 352 g/mol. The number of nitrogens with one attached hydrogen (secondary N) is 2. The van der Waals surface area contributed by atoms with Gasteiger partial charge in [0, 0.05) is 12.4 Å². The molecule has 24 heavy (non-hydrogen) atoms. The number of pyridine rings is 2. The molecule has 2 aromatic heterocycles. The summed E-state index contributed by atoms with van der Waals surface area (Å²) in [4.78, 5) is 20.2. The fraction of sp³-hybridized carbons (Fsp3) is 0.312. The Bertz CT molecular complexity index is 707. The van der Waals surface area contributed by atoms with Gasteiger partial charge in [0.2, 0.25) is 0 Å². The summed E-state index contributed by atoms with van der Waals surface area (Å²) in [7, 11) is 0. The van der Waals surface area contributed by atoms with E-state index < -0.39 is 17.7 Å². The van der Waals surface area contributed by atoms with Gasteiger partial charge in [-0.2, -0.15) is 0 Å². The van der Waals surface area contributed by atoms with Crippen LogP contribution in [0.1, 0.15) is 24.2 Å². The van der Waals surface area contributed by atoms with E-state index in [0.717, 1.165) is 0 Å². The fourth-order valence-corrected chi connectivity index (χ4v) is 1.99. The second kappa shape index (κ2) is 7.55. The third-order valence-corrected chi connectivity index (χ3v) is 3.47. The van der Waals surface area contributed by atoms with Crippen molar-refractivity contribution >= 4 is 28.9 Å². The summed E-state index contributed by atoms with van der Waals surface area (Å²) in [6.07, 6.45) is 2.91. The number of alkyl halides is 1. The Balaban J connectivity index is 2.16. The Kier molecular flexibility index (Phi) is 5.69. The van der Waals surface area contributed by atoms with Gasteiger partial charge < -0.3 is 15.7 Å². The highest BCUT2D eigenvalue weighted by Crippen LogP contribution is 2.23. The molecular weight excluding hydrogens is 335 g/mol. The highest BCUT2D eigenvalue weighted by atomic mass is 35.5. The molecule has 1 unspecified atom stereocenters. The Hall–Kier alpha value is -2.25. The number of carbonyl (C=O) groups is 1. The van der Waals surface area contributed by atoms with E-state index in [1.54, 1.807) is 24.5 Å². The maximum Gasteiger partial charge on any atom is 0.255 e. The molecule has 2 aromatic rings. The van der Waals surface area contributed by atoms with Crippen LogP contribution in [0.25, 0.3) is 0 Å². The van der Waals surface area contributed by atoms with E-state index in [4.69, 9.17) is 11.6 Å². The maximum absolute atomic E-state index is 13.8. The molecule has 0 aliphatic rings. The van der Waals surface area contributed by atoms with Crippen LogP contribution in [0.15, 0.2) is 36.8 Å². The van der Waals surface area contributed by atoms with Crippen LogP contribution in [0, 0.1) is 0 Å². The smallest absolute Gasteiger partial charge is 0.255 e. The quantitative estimate of drug-likeness (QED) is 0.696. The molecule has 1 amide bonds. The van der Waals surface area contributed by atoms with Gasteiger partial charge in [-0.1, -0.05) is 11.6 Å². The molecule has 1 atom stereocenters. The zero-order valence-corrected chi connectivity index (χ0v) is 14.0. The average molecular weight is 353 g/mol. The summed E-state index contributed by atoms with van der Waals surface area (Å²) in [5.41, 5.74) is -0.262. The standard InChI is InChI=1S/C16H18ClFN4O2/c1-16(2,24)13(18)9-21-15(23)11-8-20-14(17)6-12(11)22-10-4-3-5-19-7-10/h3-8,13,24H,9H2,1-2H3,(H,20,22)(H,21,23). The molecule has 6 nitrogen and oxygen atoms in total. The maximum atomic E-state index is 13.8. The van der Waals surface area contributed by atoms with Crippen molar-refractivity contribution in [2.75, 3.05) is 11.9 Å². The zero-order chi connectivity index (χ0) is 17.7. The van der Waals surface area contributed by atoms with Gasteiger partial charge in [-0.25, -0.2) is 9.37 Å². The number of carbonyl (C=O) groups excluding carboxylic acids is 1. The van der Waals surface area contributed by atoms with Crippen LogP contribution in [0.5, 0.6) is 0 Å². The Morgan fingerprint density at radius 3 is 2.83 bits per heavy atom. The molecule has 0 aliphatic carbocycles. The van der Waals surface area contributed by atoms with Crippen molar-refractivity contribution in [3.63, 3.8) is 0 Å². The number of aliphatic hydroxyl groups is 1. The molecule has 0 spiro atoms. The molecule has 0 fully saturated rings. The highest BCUT2D eigenvalue weighted by Gasteiger charge is 2.27. The van der Waals surface area contributed by atoms with Crippen LogP contribution < -0.4 is 10.6 Å². The minimum absolute atomic E-state index is 0.200. The Morgan fingerprint density at radius 2 is 2.21 bits per heavy atom. The first-order valence-electron chi connectivity index (χ1n) is 7.24. The SMILES string of the molecule is CC(C)(O)C(F)CNC(=O)c1cnc(Cl)cc1Nc1cccnc1. The first-order chi connectivity index (χ1) is 11.3. The van der Waals surface area contributed by atoms with Gasteiger partial charge in [0.1, 0.15) is 11.3 Å². The zero-order valence-electron chi connectivity index (χ0n) is 13.3. The number of amides is 1. The molecule has 128 valence electrons. The summed E-state index contributed by atoms with van der Waals surface area (Å²) >= 11 is 5.88. The van der Waals surface area contributed by atoms with E-state index in [0.29, 0.717) is 11.4 Å². The van der Waals surface area contributed by atoms with E-state index in [2.05, 4.69) is 20.6 Å². The third-order valence-electron chi connectivity index (χ3n) is 3.26. The molecule has 0 radical (unpaired) electrons. The largest absolute Gasteiger partial charge is 0.387 e. The van der Waals surface area contributed by atoms with Crippen molar-refractivity contribution in [1.29, 1.82) is 0 Å². The summed E-state index contributed by atoms with van der Waals surface area (Å²) < 4.78 is 13.8. The lowest BCUT2D eigenvalue weighted by atomic mass is 10.0. The minimum Gasteiger partial charge on any atom is -0.387 e. The normalized spacial score (nSPS) is 12.5. The predicted octanol–water partition coefficient (Wildman–Crippen LogP) is 2.71. The number of rotatable bonds is 6. The summed E-state index contributed by atoms with van der Waals surface area (Å²) in [6, 6.07) is 5.00. The minimum atomic E-state index is -1.60. The number of nitrogens with zero attached hydrogens (tertiary/aromatic N) is 2. The molecule has 0 aliphatic heterocycles. The summed E-state index contributed by atoms with van der Waals surface area (Å²) in [6.45, 7) is 2.35. The van der Waals surface area contributed by atoms with Crippen molar-refractivity contribution in [3.8, 4) is 0 Å². The van der Waals surface area contributed by atoms with Crippen LogP contribution in [0.4, 0.5) is 15.8 Å². The second-order valence-corrected chi connectivity index (χ2v) is 6.14. The van der Waals surface area contributed by atoms with Gasteiger partial charge in [-0.05, 0) is 32.0 Å². The fourth-order valence-electron chi connectivity index (χ4n) is 1.83. The molecule has 0 saturated heterocycles. The van der Waals surface area contributed by atoms with Crippen LogP contribution in [-0.2, 0) is 0 Å². The Labute approximate surface area is 144 Å². The van der Waals surface area contributed by atoms with Crippen molar-refractivity contribution in [1.82, 2.24) is 15.3 Å². The van der Waals surface area contributed by atoms with Crippen LogP contribution in [0.2, 0.25) is 5.15 Å². The number of halogens is 2. The number of anilines is 2. The third kappa shape index (κ3) is 4.87. The van der Waals surface area contributed by atoms with Crippen LogP contribution >= 0.6 is 11.6 Å². The van der Waals surface area contributed by atoms with Crippen LogP contribution in [0.3, 0.4) is 0 Å².